The van der Waals surface area contributed by atoms with Gasteiger partial charge >= 0.3 is 6.03 Å². The topological polar surface area (TPSA) is 71.6 Å². The molecule has 6 heteroatoms. The van der Waals surface area contributed by atoms with Gasteiger partial charge in [0.05, 0.1) is 7.11 Å². The molecule has 3 aromatic carbocycles. The molecule has 0 atom stereocenters. The predicted octanol–water partition coefficient (Wildman–Crippen LogP) is 4.60. The molecule has 0 aromatic heterocycles. The maximum absolute atomic E-state index is 12.0. The molecule has 0 saturated heterocycles. The van der Waals surface area contributed by atoms with E-state index >= 15 is 0 Å². The van der Waals surface area contributed by atoms with Crippen LogP contribution in [0.2, 0.25) is 0 Å². The minimum Gasteiger partial charge on any atom is -0.493 e. The Hall–Kier alpha value is -3.67. The smallest absolute Gasteiger partial charge is 0.321 e. The van der Waals surface area contributed by atoms with E-state index in [1.54, 1.807) is 19.2 Å². The first kappa shape index (κ1) is 18.1. The summed E-state index contributed by atoms with van der Waals surface area (Å²) in [6.07, 6.45) is 0. The quantitative estimate of drug-likeness (QED) is 0.537. The second-order valence-corrected chi connectivity index (χ2v) is 5.64. The van der Waals surface area contributed by atoms with Crippen LogP contribution in [-0.2, 0) is 0 Å². The number of carbonyl (C=O) groups excluding carboxylic acids is 1. The lowest BCUT2D eigenvalue weighted by Gasteiger charge is -2.12. The van der Waals surface area contributed by atoms with Crippen LogP contribution in [-0.4, -0.2) is 19.9 Å². The third kappa shape index (κ3) is 5.40. The summed E-state index contributed by atoms with van der Waals surface area (Å²) in [5, 5.41) is 8.69. The number of benzene rings is 3. The standard InChI is InChI=1S/C21H21N3O3/c1-26-19-9-5-6-10-20(19)27-15-22-21(25)24-18-13-11-17(12-14-18)23-16-7-3-2-4-8-16/h2-14,23H,15H2,1H3,(H2,22,24,25). The fraction of sp³-hybridized carbons (Fsp3) is 0.0952. The number of methoxy groups -OCH3 is 1. The molecule has 0 saturated carbocycles. The number of hydrogen-bond acceptors (Lipinski definition) is 4. The van der Waals surface area contributed by atoms with Crippen molar-refractivity contribution >= 4 is 23.1 Å². The highest BCUT2D eigenvalue weighted by Gasteiger charge is 2.05. The molecular formula is C21H21N3O3. The van der Waals surface area contributed by atoms with Crippen molar-refractivity contribution in [2.45, 2.75) is 0 Å². The second-order valence-electron chi connectivity index (χ2n) is 5.64. The maximum atomic E-state index is 12.0. The molecular weight excluding hydrogens is 342 g/mol. The van der Waals surface area contributed by atoms with Gasteiger partial charge in [-0.2, -0.15) is 0 Å². The van der Waals surface area contributed by atoms with Gasteiger partial charge in [0.25, 0.3) is 0 Å². The first-order valence-corrected chi connectivity index (χ1v) is 8.47. The Morgan fingerprint density at radius 3 is 2.07 bits per heavy atom. The summed E-state index contributed by atoms with van der Waals surface area (Å²) in [6, 6.07) is 24.2. The lowest BCUT2D eigenvalue weighted by molar-refractivity contribution is 0.231. The van der Waals surface area contributed by atoms with E-state index in [0.29, 0.717) is 17.2 Å². The lowest BCUT2D eigenvalue weighted by Crippen LogP contribution is -2.32. The van der Waals surface area contributed by atoms with Crippen molar-refractivity contribution in [2.75, 3.05) is 24.5 Å². The molecule has 3 N–H and O–H groups in total. The Kier molecular flexibility index (Phi) is 6.14. The number of ether oxygens (including phenoxy) is 2. The fourth-order valence-corrected chi connectivity index (χ4v) is 2.42. The van der Waals surface area contributed by atoms with Crippen LogP contribution >= 0.6 is 0 Å². The zero-order valence-electron chi connectivity index (χ0n) is 14.9. The highest BCUT2D eigenvalue weighted by atomic mass is 16.5. The van der Waals surface area contributed by atoms with Crippen molar-refractivity contribution in [3.8, 4) is 11.5 Å². The van der Waals surface area contributed by atoms with Gasteiger partial charge in [0.2, 0.25) is 0 Å². The molecule has 6 nitrogen and oxygen atoms in total. The second kappa shape index (κ2) is 9.15. The highest BCUT2D eigenvalue weighted by Crippen LogP contribution is 2.25. The van der Waals surface area contributed by atoms with Gasteiger partial charge in [0, 0.05) is 17.1 Å². The molecule has 3 aromatic rings. The van der Waals surface area contributed by atoms with Crippen LogP contribution in [0, 0.1) is 0 Å². The molecule has 0 radical (unpaired) electrons. The number of carbonyl (C=O) groups is 1. The largest absolute Gasteiger partial charge is 0.493 e. The highest BCUT2D eigenvalue weighted by molar-refractivity contribution is 5.89. The Balaban J connectivity index is 1.46. The van der Waals surface area contributed by atoms with Gasteiger partial charge in [-0.05, 0) is 48.5 Å². The average Bonchev–Trinajstić information content (AvgIpc) is 2.71. The molecule has 0 aliphatic rings. The van der Waals surface area contributed by atoms with Crippen molar-refractivity contribution in [3.05, 3.63) is 78.9 Å². The van der Waals surface area contributed by atoms with Gasteiger partial charge in [-0.15, -0.1) is 0 Å². The Bertz CT molecular complexity index is 867. The fourth-order valence-electron chi connectivity index (χ4n) is 2.42. The summed E-state index contributed by atoms with van der Waals surface area (Å²) in [6.45, 7) is 0.0276. The molecule has 0 bridgehead atoms. The first-order valence-electron chi connectivity index (χ1n) is 8.47. The number of anilines is 3. The zero-order chi connectivity index (χ0) is 18.9. The van der Waals surface area contributed by atoms with Crippen LogP contribution in [0.25, 0.3) is 0 Å². The normalized spacial score (nSPS) is 9.96. The van der Waals surface area contributed by atoms with Crippen molar-refractivity contribution in [1.29, 1.82) is 0 Å². The van der Waals surface area contributed by atoms with Gasteiger partial charge in [-0.25, -0.2) is 4.79 Å². The van der Waals surface area contributed by atoms with Crippen LogP contribution in [0.1, 0.15) is 0 Å². The van der Waals surface area contributed by atoms with E-state index in [1.165, 1.54) is 0 Å². The van der Waals surface area contributed by atoms with Crippen LogP contribution in [0.5, 0.6) is 11.5 Å². The van der Waals surface area contributed by atoms with E-state index in [2.05, 4.69) is 16.0 Å². The van der Waals surface area contributed by atoms with Crippen LogP contribution in [0.15, 0.2) is 78.9 Å². The van der Waals surface area contributed by atoms with E-state index in [4.69, 9.17) is 9.47 Å². The van der Waals surface area contributed by atoms with Gasteiger partial charge < -0.3 is 25.4 Å². The third-order valence-corrected chi connectivity index (χ3v) is 3.73. The minimum absolute atomic E-state index is 0.0276. The molecule has 0 unspecified atom stereocenters. The summed E-state index contributed by atoms with van der Waals surface area (Å²) in [5.41, 5.74) is 2.62. The van der Waals surface area contributed by atoms with Crippen LogP contribution < -0.4 is 25.4 Å². The number of amides is 2. The number of para-hydroxylation sites is 3. The molecule has 0 fully saturated rings. The average molecular weight is 363 g/mol. The monoisotopic (exact) mass is 363 g/mol. The molecule has 0 aliphatic heterocycles. The molecule has 2 amide bonds. The van der Waals surface area contributed by atoms with Gasteiger partial charge in [-0.3, -0.25) is 0 Å². The predicted molar refractivity (Wildman–Crippen MR) is 107 cm³/mol. The van der Waals surface area contributed by atoms with Crippen molar-refractivity contribution in [2.24, 2.45) is 0 Å². The molecule has 27 heavy (non-hydrogen) atoms. The third-order valence-electron chi connectivity index (χ3n) is 3.73. The van der Waals surface area contributed by atoms with Crippen LogP contribution in [0.4, 0.5) is 21.9 Å². The summed E-state index contributed by atoms with van der Waals surface area (Å²) < 4.78 is 10.7. The summed E-state index contributed by atoms with van der Waals surface area (Å²) in [5.74, 6) is 1.18. The van der Waals surface area contributed by atoms with Crippen molar-refractivity contribution in [1.82, 2.24) is 5.32 Å². The molecule has 0 heterocycles. The van der Waals surface area contributed by atoms with Crippen molar-refractivity contribution in [3.63, 3.8) is 0 Å². The molecule has 138 valence electrons. The van der Waals surface area contributed by atoms with E-state index in [0.717, 1.165) is 11.4 Å². The van der Waals surface area contributed by atoms with E-state index in [1.807, 2.05) is 66.7 Å². The minimum atomic E-state index is -0.353. The number of urea groups is 1. The maximum Gasteiger partial charge on any atom is 0.321 e. The zero-order valence-corrected chi connectivity index (χ0v) is 14.9. The summed E-state index contributed by atoms with van der Waals surface area (Å²) in [7, 11) is 1.57. The molecule has 0 aliphatic carbocycles. The number of rotatable bonds is 7. The van der Waals surface area contributed by atoms with Gasteiger partial charge in [0.1, 0.15) is 0 Å². The SMILES string of the molecule is COc1ccccc1OCNC(=O)Nc1ccc(Nc2ccccc2)cc1. The first-order chi connectivity index (χ1) is 13.2. The molecule has 3 rings (SSSR count). The van der Waals surface area contributed by atoms with Gasteiger partial charge in [-0.1, -0.05) is 30.3 Å². The Morgan fingerprint density at radius 2 is 1.37 bits per heavy atom. The number of hydrogen-bond donors (Lipinski definition) is 3. The van der Waals surface area contributed by atoms with E-state index in [9.17, 15) is 4.79 Å². The van der Waals surface area contributed by atoms with E-state index in [-0.39, 0.29) is 12.8 Å². The van der Waals surface area contributed by atoms with Crippen LogP contribution in [0.3, 0.4) is 0 Å². The number of nitrogens with one attached hydrogen (secondary N) is 3. The molecule has 0 spiro atoms. The summed E-state index contributed by atoms with van der Waals surface area (Å²) in [4.78, 5) is 12.0. The summed E-state index contributed by atoms with van der Waals surface area (Å²) >= 11 is 0. The van der Waals surface area contributed by atoms with Gasteiger partial charge in [0.15, 0.2) is 18.2 Å². The lowest BCUT2D eigenvalue weighted by atomic mass is 10.2. The van der Waals surface area contributed by atoms with Crippen molar-refractivity contribution < 1.29 is 14.3 Å². The Labute approximate surface area is 158 Å². The Morgan fingerprint density at radius 1 is 0.778 bits per heavy atom. The van der Waals surface area contributed by atoms with E-state index < -0.39 is 0 Å².